The summed E-state index contributed by atoms with van der Waals surface area (Å²) in [5.74, 6) is 0. The van der Waals surface area contributed by atoms with E-state index >= 15 is 0 Å². The van der Waals surface area contributed by atoms with E-state index in [1.165, 1.54) is 12.1 Å². The number of hydrogen-bond donors (Lipinski definition) is 1. The summed E-state index contributed by atoms with van der Waals surface area (Å²) >= 11 is 1.59. The first-order valence-corrected chi connectivity index (χ1v) is 6.48. The molecule has 0 aliphatic heterocycles. The molecule has 0 aliphatic rings. The largest absolute Gasteiger partial charge is 0.311 e. The second-order valence-corrected chi connectivity index (χ2v) is 4.65. The summed E-state index contributed by atoms with van der Waals surface area (Å²) in [5, 5.41) is 16.8. The average Bonchev–Trinajstić information content (AvgIpc) is 2.85. The van der Waals surface area contributed by atoms with Gasteiger partial charge in [-0.15, -0.1) is 23.7 Å². The zero-order valence-corrected chi connectivity index (χ0v) is 12.0. The van der Waals surface area contributed by atoms with Gasteiger partial charge in [-0.25, -0.2) is 4.98 Å². The van der Waals surface area contributed by atoms with Crippen molar-refractivity contribution < 1.29 is 4.92 Å². The molecule has 0 saturated heterocycles. The van der Waals surface area contributed by atoms with Crippen molar-refractivity contribution in [2.75, 3.05) is 6.54 Å². The third-order valence-electron chi connectivity index (χ3n) is 2.45. The molecule has 19 heavy (non-hydrogen) atoms. The Hall–Kier alpha value is -1.50. The fourth-order valence-corrected chi connectivity index (χ4v) is 2.28. The van der Waals surface area contributed by atoms with Gasteiger partial charge in [-0.05, 0) is 18.7 Å². The number of nitrogens with one attached hydrogen (secondary N) is 1. The summed E-state index contributed by atoms with van der Waals surface area (Å²) in [4.78, 5) is 14.6. The van der Waals surface area contributed by atoms with Gasteiger partial charge in [0.25, 0.3) is 5.69 Å². The van der Waals surface area contributed by atoms with Crippen LogP contribution < -0.4 is 5.32 Å². The number of non-ortho nitro benzene ring substituents is 1. The van der Waals surface area contributed by atoms with Crippen LogP contribution >= 0.6 is 23.7 Å². The van der Waals surface area contributed by atoms with Gasteiger partial charge in [-0.2, -0.15) is 0 Å². The van der Waals surface area contributed by atoms with Crippen LogP contribution in [0.25, 0.3) is 11.3 Å². The quantitative estimate of drug-likeness (QED) is 0.680. The first-order chi connectivity index (χ1) is 8.70. The van der Waals surface area contributed by atoms with Gasteiger partial charge < -0.3 is 5.32 Å². The highest BCUT2D eigenvalue weighted by Crippen LogP contribution is 2.24. The molecule has 0 saturated carbocycles. The van der Waals surface area contributed by atoms with Gasteiger partial charge in [-0.3, -0.25) is 10.1 Å². The van der Waals surface area contributed by atoms with Crippen LogP contribution in [0.3, 0.4) is 0 Å². The number of benzene rings is 1. The molecule has 0 unspecified atom stereocenters. The number of aromatic nitrogens is 1. The standard InChI is InChI=1S/C12H13N3O2S.ClH/c1-2-13-7-12-14-11(8-18-12)9-3-5-10(6-4-9)15(16)17;/h3-6,8,13H,2,7H2,1H3;1H. The number of nitro groups is 1. The minimum Gasteiger partial charge on any atom is -0.311 e. The van der Waals surface area contributed by atoms with E-state index in [2.05, 4.69) is 10.3 Å². The van der Waals surface area contributed by atoms with Crippen molar-refractivity contribution in [3.8, 4) is 11.3 Å². The Kier molecular flexibility index (Phi) is 5.88. The number of nitrogens with zero attached hydrogens (tertiary/aromatic N) is 2. The van der Waals surface area contributed by atoms with Crippen LogP contribution in [-0.4, -0.2) is 16.5 Å². The Bertz CT molecular complexity index is 542. The van der Waals surface area contributed by atoms with Crippen molar-refractivity contribution in [1.29, 1.82) is 0 Å². The molecule has 0 atom stereocenters. The molecule has 1 N–H and O–H groups in total. The van der Waals surface area contributed by atoms with Crippen molar-refractivity contribution in [1.82, 2.24) is 10.3 Å². The summed E-state index contributed by atoms with van der Waals surface area (Å²) < 4.78 is 0. The van der Waals surface area contributed by atoms with Gasteiger partial charge in [0.1, 0.15) is 5.01 Å². The highest BCUT2D eigenvalue weighted by Gasteiger charge is 2.07. The predicted molar refractivity (Wildman–Crippen MR) is 78.8 cm³/mol. The highest BCUT2D eigenvalue weighted by atomic mass is 35.5. The molecular formula is C12H14ClN3O2S. The number of halogens is 1. The van der Waals surface area contributed by atoms with Crippen molar-refractivity contribution in [2.24, 2.45) is 0 Å². The summed E-state index contributed by atoms with van der Waals surface area (Å²) in [5.41, 5.74) is 1.87. The molecule has 0 amide bonds. The Morgan fingerprint density at radius 3 is 2.63 bits per heavy atom. The molecule has 0 aliphatic carbocycles. The lowest BCUT2D eigenvalue weighted by Crippen LogP contribution is -2.11. The van der Waals surface area contributed by atoms with Crippen LogP contribution in [0.2, 0.25) is 0 Å². The molecule has 0 spiro atoms. The van der Waals surface area contributed by atoms with E-state index in [-0.39, 0.29) is 18.1 Å². The summed E-state index contributed by atoms with van der Waals surface area (Å²) in [6, 6.07) is 6.45. The Morgan fingerprint density at radius 1 is 1.37 bits per heavy atom. The average molecular weight is 300 g/mol. The van der Waals surface area contributed by atoms with Crippen LogP contribution in [0, 0.1) is 10.1 Å². The van der Waals surface area contributed by atoms with Crippen LogP contribution in [0.1, 0.15) is 11.9 Å². The number of hydrogen-bond acceptors (Lipinski definition) is 5. The lowest BCUT2D eigenvalue weighted by Gasteiger charge is -1.97. The van der Waals surface area contributed by atoms with Gasteiger partial charge in [0.15, 0.2) is 0 Å². The van der Waals surface area contributed by atoms with E-state index in [1.54, 1.807) is 23.5 Å². The Balaban J connectivity index is 0.00000180. The van der Waals surface area contributed by atoms with Crippen molar-refractivity contribution in [3.63, 3.8) is 0 Å². The normalized spacial score (nSPS) is 9.95. The van der Waals surface area contributed by atoms with Gasteiger partial charge in [0.05, 0.1) is 10.6 Å². The topological polar surface area (TPSA) is 68.1 Å². The number of nitro benzene ring substituents is 1. The third-order valence-corrected chi connectivity index (χ3v) is 3.30. The molecule has 102 valence electrons. The molecular weight excluding hydrogens is 286 g/mol. The smallest absolute Gasteiger partial charge is 0.269 e. The fourth-order valence-electron chi connectivity index (χ4n) is 1.51. The Morgan fingerprint density at radius 2 is 2.05 bits per heavy atom. The predicted octanol–water partition coefficient (Wildman–Crippen LogP) is 3.25. The lowest BCUT2D eigenvalue weighted by atomic mass is 10.1. The zero-order chi connectivity index (χ0) is 13.0. The minimum atomic E-state index is -0.401. The van der Waals surface area contributed by atoms with E-state index in [1.807, 2.05) is 12.3 Å². The first kappa shape index (κ1) is 15.6. The zero-order valence-electron chi connectivity index (χ0n) is 10.3. The Labute approximate surface area is 121 Å². The lowest BCUT2D eigenvalue weighted by molar-refractivity contribution is -0.384. The van der Waals surface area contributed by atoms with Crippen molar-refractivity contribution in [2.45, 2.75) is 13.5 Å². The molecule has 0 radical (unpaired) electrons. The molecule has 2 aromatic rings. The van der Waals surface area contributed by atoms with Crippen LogP contribution in [0.15, 0.2) is 29.6 Å². The number of rotatable bonds is 5. The maximum Gasteiger partial charge on any atom is 0.269 e. The molecule has 0 bridgehead atoms. The molecule has 2 rings (SSSR count). The van der Waals surface area contributed by atoms with Crippen LogP contribution in [0.4, 0.5) is 5.69 Å². The summed E-state index contributed by atoms with van der Waals surface area (Å²) in [6.07, 6.45) is 0. The van der Waals surface area contributed by atoms with Gasteiger partial charge in [0, 0.05) is 29.6 Å². The van der Waals surface area contributed by atoms with E-state index < -0.39 is 4.92 Å². The van der Waals surface area contributed by atoms with Gasteiger partial charge in [0.2, 0.25) is 0 Å². The number of thiazole rings is 1. The highest BCUT2D eigenvalue weighted by molar-refractivity contribution is 7.09. The van der Waals surface area contributed by atoms with E-state index in [9.17, 15) is 10.1 Å². The second-order valence-electron chi connectivity index (χ2n) is 3.71. The summed E-state index contributed by atoms with van der Waals surface area (Å²) in [6.45, 7) is 3.71. The summed E-state index contributed by atoms with van der Waals surface area (Å²) in [7, 11) is 0. The van der Waals surface area contributed by atoms with Gasteiger partial charge in [-0.1, -0.05) is 6.92 Å². The molecule has 5 nitrogen and oxygen atoms in total. The van der Waals surface area contributed by atoms with E-state index in [0.717, 1.165) is 29.4 Å². The second kappa shape index (κ2) is 7.18. The van der Waals surface area contributed by atoms with Gasteiger partial charge >= 0.3 is 0 Å². The first-order valence-electron chi connectivity index (χ1n) is 5.60. The molecule has 1 heterocycles. The maximum absolute atomic E-state index is 10.6. The van der Waals surface area contributed by atoms with E-state index in [0.29, 0.717) is 0 Å². The third kappa shape index (κ3) is 3.99. The fraction of sp³-hybridized carbons (Fsp3) is 0.250. The van der Waals surface area contributed by atoms with Crippen molar-refractivity contribution in [3.05, 3.63) is 44.8 Å². The maximum atomic E-state index is 10.6. The molecule has 0 fully saturated rings. The molecule has 1 aromatic heterocycles. The monoisotopic (exact) mass is 299 g/mol. The van der Waals surface area contributed by atoms with Crippen LogP contribution in [0.5, 0.6) is 0 Å². The SMILES string of the molecule is CCNCc1nc(-c2ccc([N+](=O)[O-])cc2)cs1.Cl. The van der Waals surface area contributed by atoms with Crippen molar-refractivity contribution >= 4 is 29.4 Å². The minimum absolute atomic E-state index is 0. The molecule has 7 heteroatoms. The van der Waals surface area contributed by atoms with Crippen LogP contribution in [-0.2, 0) is 6.54 Å². The van der Waals surface area contributed by atoms with E-state index in [4.69, 9.17) is 0 Å². The molecule has 1 aromatic carbocycles.